The number of ether oxygens (including phenoxy) is 1. The molecule has 23 heavy (non-hydrogen) atoms. The SMILES string of the molecule is CC(C)COc1ccccc1NC(=O)CNc1ccc(Cl)cc1. The van der Waals surface area contributed by atoms with E-state index in [9.17, 15) is 4.79 Å². The molecule has 2 rings (SSSR count). The number of hydrogen-bond donors (Lipinski definition) is 2. The van der Waals surface area contributed by atoms with Crippen LogP contribution in [0.25, 0.3) is 0 Å². The van der Waals surface area contributed by atoms with Crippen molar-refractivity contribution in [2.75, 3.05) is 23.8 Å². The molecule has 0 atom stereocenters. The minimum Gasteiger partial charge on any atom is -0.491 e. The lowest BCUT2D eigenvalue weighted by molar-refractivity contribution is -0.114. The third-order valence-corrected chi connectivity index (χ3v) is 3.28. The minimum absolute atomic E-state index is 0.138. The number of rotatable bonds is 7. The van der Waals surface area contributed by atoms with Crippen LogP contribution in [0.3, 0.4) is 0 Å². The van der Waals surface area contributed by atoms with E-state index in [1.807, 2.05) is 36.4 Å². The second-order valence-electron chi connectivity index (χ2n) is 5.61. The third-order valence-electron chi connectivity index (χ3n) is 3.03. The Bertz CT molecular complexity index is 642. The maximum absolute atomic E-state index is 12.1. The first kappa shape index (κ1) is 17.2. The van der Waals surface area contributed by atoms with Gasteiger partial charge in [-0.05, 0) is 42.3 Å². The molecule has 2 N–H and O–H groups in total. The molecule has 2 aromatic rings. The quantitative estimate of drug-likeness (QED) is 0.788. The van der Waals surface area contributed by atoms with Gasteiger partial charge in [-0.25, -0.2) is 0 Å². The Morgan fingerprint density at radius 2 is 1.83 bits per heavy atom. The largest absolute Gasteiger partial charge is 0.491 e. The molecule has 0 radical (unpaired) electrons. The first-order chi connectivity index (χ1) is 11.0. The third kappa shape index (κ3) is 5.83. The average Bonchev–Trinajstić information content (AvgIpc) is 2.53. The molecule has 0 bridgehead atoms. The fraction of sp³-hybridized carbons (Fsp3) is 0.278. The highest BCUT2D eigenvalue weighted by Gasteiger charge is 2.08. The van der Waals surface area contributed by atoms with E-state index in [0.717, 1.165) is 5.69 Å². The van der Waals surface area contributed by atoms with Crippen LogP contribution in [0.1, 0.15) is 13.8 Å². The van der Waals surface area contributed by atoms with E-state index in [0.29, 0.717) is 29.0 Å². The van der Waals surface area contributed by atoms with Gasteiger partial charge < -0.3 is 15.4 Å². The van der Waals surface area contributed by atoms with Crippen molar-refractivity contribution in [1.82, 2.24) is 0 Å². The zero-order chi connectivity index (χ0) is 16.7. The number of hydrogen-bond acceptors (Lipinski definition) is 3. The van der Waals surface area contributed by atoms with Gasteiger partial charge in [-0.1, -0.05) is 37.6 Å². The summed E-state index contributed by atoms with van der Waals surface area (Å²) in [6, 6.07) is 14.6. The molecule has 0 spiro atoms. The maximum atomic E-state index is 12.1. The van der Waals surface area contributed by atoms with Crippen LogP contribution in [0.4, 0.5) is 11.4 Å². The summed E-state index contributed by atoms with van der Waals surface area (Å²) in [6.45, 7) is 4.94. The molecule has 0 unspecified atom stereocenters. The van der Waals surface area contributed by atoms with Crippen LogP contribution >= 0.6 is 11.6 Å². The number of nitrogens with one attached hydrogen (secondary N) is 2. The highest BCUT2D eigenvalue weighted by Crippen LogP contribution is 2.24. The maximum Gasteiger partial charge on any atom is 0.243 e. The van der Waals surface area contributed by atoms with E-state index in [1.54, 1.807) is 12.1 Å². The predicted molar refractivity (Wildman–Crippen MR) is 95.3 cm³/mol. The lowest BCUT2D eigenvalue weighted by atomic mass is 10.2. The molecular formula is C18H21ClN2O2. The lowest BCUT2D eigenvalue weighted by Gasteiger charge is -2.14. The molecule has 4 nitrogen and oxygen atoms in total. The molecule has 2 aromatic carbocycles. The Morgan fingerprint density at radius 1 is 1.13 bits per heavy atom. The van der Waals surface area contributed by atoms with Crippen LogP contribution in [-0.2, 0) is 4.79 Å². The summed E-state index contributed by atoms with van der Waals surface area (Å²) in [7, 11) is 0. The zero-order valence-electron chi connectivity index (χ0n) is 13.3. The van der Waals surface area contributed by atoms with Crippen LogP contribution in [0.15, 0.2) is 48.5 Å². The zero-order valence-corrected chi connectivity index (χ0v) is 14.1. The van der Waals surface area contributed by atoms with Crippen LogP contribution in [0.2, 0.25) is 5.02 Å². The van der Waals surface area contributed by atoms with Gasteiger partial charge in [0.25, 0.3) is 0 Å². The molecule has 5 heteroatoms. The van der Waals surface area contributed by atoms with E-state index in [1.165, 1.54) is 0 Å². The molecular weight excluding hydrogens is 312 g/mol. The summed E-state index contributed by atoms with van der Waals surface area (Å²) in [4.78, 5) is 12.1. The standard InChI is InChI=1S/C18H21ClN2O2/c1-13(2)12-23-17-6-4-3-5-16(17)21-18(22)11-20-15-9-7-14(19)8-10-15/h3-10,13,20H,11-12H2,1-2H3,(H,21,22). The molecule has 0 aromatic heterocycles. The van der Waals surface area contributed by atoms with Crippen molar-refractivity contribution < 1.29 is 9.53 Å². The van der Waals surface area contributed by atoms with Crippen LogP contribution < -0.4 is 15.4 Å². The summed E-state index contributed by atoms with van der Waals surface area (Å²) in [6.07, 6.45) is 0. The number of amides is 1. The van der Waals surface area contributed by atoms with Gasteiger partial charge in [-0.15, -0.1) is 0 Å². The number of halogens is 1. The van der Waals surface area contributed by atoms with E-state index >= 15 is 0 Å². The van der Waals surface area contributed by atoms with Gasteiger partial charge in [-0.3, -0.25) is 4.79 Å². The van der Waals surface area contributed by atoms with Gasteiger partial charge in [0.1, 0.15) is 5.75 Å². The molecule has 0 aliphatic rings. The normalized spacial score (nSPS) is 10.4. The van der Waals surface area contributed by atoms with Crippen molar-refractivity contribution in [1.29, 1.82) is 0 Å². The van der Waals surface area contributed by atoms with E-state index in [-0.39, 0.29) is 12.5 Å². The van der Waals surface area contributed by atoms with Crippen LogP contribution in [0.5, 0.6) is 5.75 Å². The molecule has 0 saturated carbocycles. The second kappa shape index (κ2) is 8.44. The molecule has 0 aliphatic carbocycles. The number of para-hydroxylation sites is 2. The summed E-state index contributed by atoms with van der Waals surface area (Å²) in [5.41, 5.74) is 1.52. The summed E-state index contributed by atoms with van der Waals surface area (Å²) >= 11 is 5.83. The molecule has 0 fully saturated rings. The number of carbonyl (C=O) groups excluding carboxylic acids is 1. The van der Waals surface area contributed by atoms with Gasteiger partial charge in [-0.2, -0.15) is 0 Å². The molecule has 0 saturated heterocycles. The highest BCUT2D eigenvalue weighted by atomic mass is 35.5. The monoisotopic (exact) mass is 332 g/mol. The summed E-state index contributed by atoms with van der Waals surface area (Å²) < 4.78 is 5.73. The Hall–Kier alpha value is -2.20. The van der Waals surface area contributed by atoms with E-state index in [4.69, 9.17) is 16.3 Å². The van der Waals surface area contributed by atoms with Crippen molar-refractivity contribution in [2.24, 2.45) is 5.92 Å². The Balaban J connectivity index is 1.90. The van der Waals surface area contributed by atoms with Crippen molar-refractivity contribution in [3.8, 4) is 5.75 Å². The van der Waals surface area contributed by atoms with Gasteiger partial charge in [0.2, 0.25) is 5.91 Å². The highest BCUT2D eigenvalue weighted by molar-refractivity contribution is 6.30. The van der Waals surface area contributed by atoms with Gasteiger partial charge in [0.15, 0.2) is 0 Å². The average molecular weight is 333 g/mol. The fourth-order valence-corrected chi connectivity index (χ4v) is 2.02. The fourth-order valence-electron chi connectivity index (χ4n) is 1.90. The number of benzene rings is 2. The summed E-state index contributed by atoms with van der Waals surface area (Å²) in [5, 5.41) is 6.58. The summed E-state index contributed by atoms with van der Waals surface area (Å²) in [5.74, 6) is 0.965. The number of carbonyl (C=O) groups is 1. The molecule has 0 heterocycles. The first-order valence-corrected chi connectivity index (χ1v) is 7.93. The molecule has 0 aliphatic heterocycles. The Kier molecular flexibility index (Phi) is 6.29. The molecule has 122 valence electrons. The van der Waals surface area contributed by atoms with Crippen LogP contribution in [-0.4, -0.2) is 19.1 Å². The van der Waals surface area contributed by atoms with Crippen molar-refractivity contribution in [3.63, 3.8) is 0 Å². The smallest absolute Gasteiger partial charge is 0.243 e. The van der Waals surface area contributed by atoms with E-state index < -0.39 is 0 Å². The second-order valence-corrected chi connectivity index (χ2v) is 6.05. The van der Waals surface area contributed by atoms with Gasteiger partial charge >= 0.3 is 0 Å². The topological polar surface area (TPSA) is 50.4 Å². The first-order valence-electron chi connectivity index (χ1n) is 7.55. The van der Waals surface area contributed by atoms with Gasteiger partial charge in [0, 0.05) is 10.7 Å². The predicted octanol–water partition coefficient (Wildman–Crippen LogP) is 4.43. The van der Waals surface area contributed by atoms with Crippen molar-refractivity contribution in [2.45, 2.75) is 13.8 Å². The Morgan fingerprint density at radius 3 is 2.52 bits per heavy atom. The van der Waals surface area contributed by atoms with E-state index in [2.05, 4.69) is 24.5 Å². The number of anilines is 2. The molecule has 1 amide bonds. The van der Waals surface area contributed by atoms with Crippen LogP contribution in [0, 0.1) is 5.92 Å². The van der Waals surface area contributed by atoms with Gasteiger partial charge in [0.05, 0.1) is 18.8 Å². The van der Waals surface area contributed by atoms with Crippen molar-refractivity contribution >= 4 is 28.9 Å². The lowest BCUT2D eigenvalue weighted by Crippen LogP contribution is -2.22. The Labute approximate surface area is 141 Å². The minimum atomic E-state index is -0.138. The van der Waals surface area contributed by atoms with Crippen molar-refractivity contribution in [3.05, 3.63) is 53.6 Å².